The van der Waals surface area contributed by atoms with E-state index in [-0.39, 0.29) is 6.04 Å². The van der Waals surface area contributed by atoms with Crippen molar-refractivity contribution in [2.24, 2.45) is 5.73 Å². The second-order valence-electron chi connectivity index (χ2n) is 3.74. The summed E-state index contributed by atoms with van der Waals surface area (Å²) in [6, 6.07) is 1.89. The molecule has 1 fully saturated rings. The van der Waals surface area contributed by atoms with Crippen LogP contribution in [0, 0.1) is 0 Å². The summed E-state index contributed by atoms with van der Waals surface area (Å²) < 4.78 is 3.16. The molecule has 0 saturated heterocycles. The molecule has 0 bridgehead atoms. The van der Waals surface area contributed by atoms with Crippen molar-refractivity contribution in [3.63, 3.8) is 0 Å². The van der Waals surface area contributed by atoms with Crippen molar-refractivity contribution in [2.75, 3.05) is 4.72 Å². The van der Waals surface area contributed by atoms with Crippen molar-refractivity contribution in [3.05, 3.63) is 18.0 Å². The van der Waals surface area contributed by atoms with Gasteiger partial charge in [0.1, 0.15) is 0 Å². The number of nitrogens with zero attached hydrogens (tertiary/aromatic N) is 2. The van der Waals surface area contributed by atoms with E-state index in [1.54, 1.807) is 18.1 Å². The first kappa shape index (κ1) is 10.7. The van der Waals surface area contributed by atoms with Crippen LogP contribution >= 0.6 is 11.9 Å². The average Bonchev–Trinajstić information content (AvgIpc) is 3.09. The third-order valence-electron chi connectivity index (χ3n) is 2.34. The van der Waals surface area contributed by atoms with E-state index >= 15 is 0 Å². The standard InChI is InChI=1S/C10H16N4S/c1-2-8(11)9-5-6-12-10(13-9)14-15-7-3-4-7/h5-8H,2-4,11H2,1H3,(H,12,13,14). The minimum absolute atomic E-state index is 0.0134. The zero-order chi connectivity index (χ0) is 10.7. The molecule has 3 N–H and O–H groups in total. The van der Waals surface area contributed by atoms with Gasteiger partial charge in [-0.05, 0) is 37.3 Å². The van der Waals surface area contributed by atoms with E-state index < -0.39 is 0 Å². The number of nitrogens with two attached hydrogens (primary N) is 1. The molecule has 1 atom stereocenters. The Morgan fingerprint density at radius 2 is 2.47 bits per heavy atom. The molecule has 0 amide bonds. The largest absolute Gasteiger partial charge is 0.323 e. The molecule has 1 aliphatic rings. The molecule has 1 aromatic heterocycles. The van der Waals surface area contributed by atoms with Gasteiger partial charge in [0, 0.05) is 17.5 Å². The first-order valence-electron chi connectivity index (χ1n) is 5.29. The maximum Gasteiger partial charge on any atom is 0.233 e. The Kier molecular flexibility index (Phi) is 3.43. The Hall–Kier alpha value is -0.810. The third-order valence-corrected chi connectivity index (χ3v) is 3.44. The smallest absolute Gasteiger partial charge is 0.233 e. The van der Waals surface area contributed by atoms with Gasteiger partial charge in [-0.2, -0.15) is 0 Å². The number of hydrogen-bond acceptors (Lipinski definition) is 5. The fourth-order valence-corrected chi connectivity index (χ4v) is 1.90. The molecular formula is C10H16N4S. The third kappa shape index (κ3) is 3.07. The van der Waals surface area contributed by atoms with E-state index in [0.29, 0.717) is 5.95 Å². The molecule has 1 saturated carbocycles. The molecule has 0 aliphatic heterocycles. The van der Waals surface area contributed by atoms with Gasteiger partial charge in [-0.25, -0.2) is 9.97 Å². The van der Waals surface area contributed by atoms with Gasteiger partial charge >= 0.3 is 0 Å². The lowest BCUT2D eigenvalue weighted by Gasteiger charge is -2.09. The molecule has 82 valence electrons. The van der Waals surface area contributed by atoms with Crippen LogP contribution in [0.15, 0.2) is 12.3 Å². The van der Waals surface area contributed by atoms with Crippen LogP contribution in [0.3, 0.4) is 0 Å². The van der Waals surface area contributed by atoms with Crippen molar-refractivity contribution in [3.8, 4) is 0 Å². The summed E-state index contributed by atoms with van der Waals surface area (Å²) in [5.74, 6) is 0.674. The lowest BCUT2D eigenvalue weighted by atomic mass is 10.2. The highest BCUT2D eigenvalue weighted by Crippen LogP contribution is 2.33. The van der Waals surface area contributed by atoms with Crippen molar-refractivity contribution in [2.45, 2.75) is 37.5 Å². The summed E-state index contributed by atoms with van der Waals surface area (Å²) >= 11 is 1.71. The maximum atomic E-state index is 5.91. The van der Waals surface area contributed by atoms with Gasteiger partial charge in [0.15, 0.2) is 0 Å². The Morgan fingerprint density at radius 3 is 3.13 bits per heavy atom. The Bertz CT molecular complexity index is 327. The Balaban J connectivity index is 1.97. The quantitative estimate of drug-likeness (QED) is 0.750. The van der Waals surface area contributed by atoms with Gasteiger partial charge in [0.2, 0.25) is 5.95 Å². The van der Waals surface area contributed by atoms with E-state index in [4.69, 9.17) is 5.73 Å². The molecule has 0 spiro atoms. The van der Waals surface area contributed by atoms with E-state index in [0.717, 1.165) is 17.4 Å². The molecule has 5 heteroatoms. The highest BCUT2D eigenvalue weighted by molar-refractivity contribution is 8.01. The highest BCUT2D eigenvalue weighted by Gasteiger charge is 2.22. The normalized spacial score (nSPS) is 17.5. The molecule has 2 rings (SSSR count). The average molecular weight is 224 g/mol. The summed E-state index contributed by atoms with van der Waals surface area (Å²) in [6.45, 7) is 2.05. The predicted molar refractivity (Wildman–Crippen MR) is 63.5 cm³/mol. The van der Waals surface area contributed by atoms with Crippen molar-refractivity contribution in [1.82, 2.24) is 9.97 Å². The van der Waals surface area contributed by atoms with E-state index in [1.165, 1.54) is 12.8 Å². The fraction of sp³-hybridized carbons (Fsp3) is 0.600. The minimum atomic E-state index is 0.0134. The number of aromatic nitrogens is 2. The number of hydrogen-bond donors (Lipinski definition) is 2. The summed E-state index contributed by atoms with van der Waals surface area (Å²) in [6.07, 6.45) is 5.25. The lowest BCUT2D eigenvalue weighted by molar-refractivity contribution is 0.674. The zero-order valence-corrected chi connectivity index (χ0v) is 9.63. The summed E-state index contributed by atoms with van der Waals surface area (Å²) in [4.78, 5) is 8.53. The molecule has 4 nitrogen and oxygen atoms in total. The molecule has 1 heterocycles. The van der Waals surface area contributed by atoms with Crippen LogP contribution in [0.4, 0.5) is 5.95 Å². The molecule has 1 aliphatic carbocycles. The van der Waals surface area contributed by atoms with Crippen molar-refractivity contribution >= 4 is 17.9 Å². The summed E-state index contributed by atoms with van der Waals surface area (Å²) in [5, 5.41) is 0.747. The van der Waals surface area contributed by atoms with Gasteiger partial charge in [0.05, 0.1) is 5.69 Å². The molecule has 1 unspecified atom stereocenters. The van der Waals surface area contributed by atoms with Gasteiger partial charge < -0.3 is 5.73 Å². The van der Waals surface area contributed by atoms with Crippen LogP contribution in [0.2, 0.25) is 0 Å². The van der Waals surface area contributed by atoms with Gasteiger partial charge in [-0.15, -0.1) is 0 Å². The van der Waals surface area contributed by atoms with Gasteiger partial charge in [-0.3, -0.25) is 4.72 Å². The van der Waals surface area contributed by atoms with Crippen LogP contribution in [0.1, 0.15) is 37.9 Å². The first-order valence-corrected chi connectivity index (χ1v) is 6.17. The van der Waals surface area contributed by atoms with Crippen molar-refractivity contribution in [1.29, 1.82) is 0 Å². The van der Waals surface area contributed by atoms with Crippen LogP contribution in [0.25, 0.3) is 0 Å². The summed E-state index contributed by atoms with van der Waals surface area (Å²) in [7, 11) is 0. The fourth-order valence-electron chi connectivity index (χ4n) is 1.16. The number of nitrogens with one attached hydrogen (secondary N) is 1. The predicted octanol–water partition coefficient (Wildman–Crippen LogP) is 2.11. The number of anilines is 1. The van der Waals surface area contributed by atoms with Crippen molar-refractivity contribution < 1.29 is 0 Å². The monoisotopic (exact) mass is 224 g/mol. The maximum absolute atomic E-state index is 5.91. The first-order chi connectivity index (χ1) is 7.29. The molecule has 0 aromatic carbocycles. The topological polar surface area (TPSA) is 63.8 Å². The van der Waals surface area contributed by atoms with E-state index in [1.807, 2.05) is 6.07 Å². The molecule has 15 heavy (non-hydrogen) atoms. The highest BCUT2D eigenvalue weighted by atomic mass is 32.2. The second kappa shape index (κ2) is 4.81. The Labute approximate surface area is 94.2 Å². The van der Waals surface area contributed by atoms with Crippen LogP contribution in [-0.2, 0) is 0 Å². The van der Waals surface area contributed by atoms with Gasteiger partial charge in [-0.1, -0.05) is 6.92 Å². The van der Waals surface area contributed by atoms with E-state index in [9.17, 15) is 0 Å². The molecule has 0 radical (unpaired) electrons. The van der Waals surface area contributed by atoms with Gasteiger partial charge in [0.25, 0.3) is 0 Å². The number of rotatable bonds is 5. The lowest BCUT2D eigenvalue weighted by Crippen LogP contribution is -2.11. The van der Waals surface area contributed by atoms with Crippen LogP contribution < -0.4 is 10.5 Å². The Morgan fingerprint density at radius 1 is 1.67 bits per heavy atom. The van der Waals surface area contributed by atoms with Crippen LogP contribution in [-0.4, -0.2) is 15.2 Å². The summed E-state index contributed by atoms with van der Waals surface area (Å²) in [5.41, 5.74) is 6.82. The molecule has 1 aromatic rings. The SMILES string of the molecule is CCC(N)c1ccnc(NSC2CC2)n1. The molecular weight excluding hydrogens is 208 g/mol. The van der Waals surface area contributed by atoms with E-state index in [2.05, 4.69) is 21.6 Å². The minimum Gasteiger partial charge on any atom is -0.323 e. The van der Waals surface area contributed by atoms with Crippen LogP contribution in [0.5, 0.6) is 0 Å². The zero-order valence-electron chi connectivity index (χ0n) is 8.81. The second-order valence-corrected chi connectivity index (χ2v) is 4.85.